The van der Waals surface area contributed by atoms with Crippen molar-refractivity contribution < 1.29 is 0 Å². The normalized spacial score (nSPS) is 27.8. The Morgan fingerprint density at radius 2 is 2.17 bits per heavy atom. The molecule has 2 heteroatoms. The molecule has 2 fully saturated rings. The highest BCUT2D eigenvalue weighted by Crippen LogP contribution is 2.51. The maximum absolute atomic E-state index is 4.33. The molecule has 1 saturated carbocycles. The molecule has 92 valence electrons. The molecule has 1 unspecified atom stereocenters. The molecule has 1 N–H and O–H groups in total. The number of hydrogen-bond donors (Lipinski definition) is 1. The molecule has 2 heterocycles. The van der Waals surface area contributed by atoms with Crippen molar-refractivity contribution in [3.63, 3.8) is 0 Å². The Kier molecular flexibility index (Phi) is 2.21. The average Bonchev–Trinajstić information content (AvgIpc) is 3.17. The van der Waals surface area contributed by atoms with Crippen molar-refractivity contribution in [1.82, 2.24) is 10.3 Å². The highest BCUT2D eigenvalue weighted by molar-refractivity contribution is 5.85. The molecule has 1 aromatic heterocycles. The zero-order valence-electron chi connectivity index (χ0n) is 10.5. The van der Waals surface area contributed by atoms with Crippen LogP contribution in [-0.4, -0.2) is 11.5 Å². The summed E-state index contributed by atoms with van der Waals surface area (Å²) in [5, 5.41) is 6.46. The first-order chi connectivity index (χ1) is 8.90. The van der Waals surface area contributed by atoms with E-state index in [1.54, 1.807) is 0 Å². The van der Waals surface area contributed by atoms with Crippen LogP contribution in [0.15, 0.2) is 36.7 Å². The van der Waals surface area contributed by atoms with E-state index in [0.29, 0.717) is 0 Å². The minimum atomic E-state index is 0.239. The highest BCUT2D eigenvalue weighted by Gasteiger charge is 2.48. The number of benzene rings is 1. The van der Waals surface area contributed by atoms with Crippen LogP contribution >= 0.6 is 0 Å². The van der Waals surface area contributed by atoms with E-state index < -0.39 is 0 Å². The van der Waals surface area contributed by atoms with Crippen molar-refractivity contribution in [2.75, 3.05) is 6.54 Å². The van der Waals surface area contributed by atoms with Gasteiger partial charge in [0.25, 0.3) is 0 Å². The number of pyridine rings is 1. The fourth-order valence-electron chi connectivity index (χ4n) is 3.64. The van der Waals surface area contributed by atoms with Gasteiger partial charge >= 0.3 is 0 Å². The van der Waals surface area contributed by atoms with Gasteiger partial charge in [0.2, 0.25) is 0 Å². The van der Waals surface area contributed by atoms with E-state index in [2.05, 4.69) is 34.6 Å². The van der Waals surface area contributed by atoms with Crippen LogP contribution < -0.4 is 5.32 Å². The number of aromatic nitrogens is 1. The number of hydrogen-bond acceptors (Lipinski definition) is 2. The molecule has 1 saturated heterocycles. The summed E-state index contributed by atoms with van der Waals surface area (Å²) in [7, 11) is 0. The van der Waals surface area contributed by atoms with Crippen LogP contribution in [0.25, 0.3) is 10.8 Å². The van der Waals surface area contributed by atoms with Crippen molar-refractivity contribution in [3.05, 3.63) is 42.2 Å². The SMILES string of the molecule is c1cc(C2(C3CC3)CCCN2)c2cnccc2c1. The molecule has 0 spiro atoms. The van der Waals surface area contributed by atoms with E-state index in [0.717, 1.165) is 12.5 Å². The molecule has 0 bridgehead atoms. The van der Waals surface area contributed by atoms with Crippen LogP contribution in [0.5, 0.6) is 0 Å². The van der Waals surface area contributed by atoms with E-state index in [1.165, 1.54) is 42.0 Å². The molecule has 2 nitrogen and oxygen atoms in total. The van der Waals surface area contributed by atoms with Crippen LogP contribution in [0.1, 0.15) is 31.2 Å². The number of nitrogens with one attached hydrogen (secondary N) is 1. The molecule has 1 aliphatic heterocycles. The van der Waals surface area contributed by atoms with Crippen LogP contribution in [-0.2, 0) is 5.54 Å². The molecule has 1 aliphatic carbocycles. The van der Waals surface area contributed by atoms with Gasteiger partial charge in [-0.1, -0.05) is 18.2 Å². The van der Waals surface area contributed by atoms with Crippen LogP contribution in [0.3, 0.4) is 0 Å². The lowest BCUT2D eigenvalue weighted by Gasteiger charge is -2.31. The highest BCUT2D eigenvalue weighted by atomic mass is 15.0. The number of rotatable bonds is 2. The summed E-state index contributed by atoms with van der Waals surface area (Å²) in [5.41, 5.74) is 1.72. The lowest BCUT2D eigenvalue weighted by molar-refractivity contribution is 0.339. The van der Waals surface area contributed by atoms with E-state index in [-0.39, 0.29) is 5.54 Å². The summed E-state index contributed by atoms with van der Waals surface area (Å²) < 4.78 is 0. The van der Waals surface area contributed by atoms with E-state index in [4.69, 9.17) is 0 Å². The molecule has 1 atom stereocenters. The molecular weight excluding hydrogens is 220 g/mol. The van der Waals surface area contributed by atoms with Gasteiger partial charge in [0.1, 0.15) is 0 Å². The Balaban J connectivity index is 1.95. The predicted octanol–water partition coefficient (Wildman–Crippen LogP) is 3.22. The fraction of sp³-hybridized carbons (Fsp3) is 0.438. The molecule has 2 aromatic rings. The lowest BCUT2D eigenvalue weighted by atomic mass is 9.81. The molecule has 2 aliphatic rings. The molecule has 4 rings (SSSR count). The molecule has 1 aromatic carbocycles. The summed E-state index contributed by atoms with van der Waals surface area (Å²) in [6.45, 7) is 1.16. The van der Waals surface area contributed by atoms with Gasteiger partial charge < -0.3 is 5.32 Å². The third-order valence-electron chi connectivity index (χ3n) is 4.63. The van der Waals surface area contributed by atoms with E-state index in [9.17, 15) is 0 Å². The first-order valence-corrected chi connectivity index (χ1v) is 6.98. The van der Waals surface area contributed by atoms with E-state index in [1.807, 2.05) is 12.4 Å². The van der Waals surface area contributed by atoms with Gasteiger partial charge in [-0.2, -0.15) is 0 Å². The van der Waals surface area contributed by atoms with Crippen molar-refractivity contribution in [2.45, 2.75) is 31.2 Å². The molecular formula is C16H18N2. The number of nitrogens with zero attached hydrogens (tertiary/aromatic N) is 1. The maximum atomic E-state index is 4.33. The maximum Gasteiger partial charge on any atom is 0.0470 e. The quantitative estimate of drug-likeness (QED) is 0.869. The Morgan fingerprint density at radius 3 is 2.94 bits per heavy atom. The van der Waals surface area contributed by atoms with Gasteiger partial charge in [-0.05, 0) is 55.2 Å². The Labute approximate surface area is 107 Å². The zero-order valence-corrected chi connectivity index (χ0v) is 10.5. The summed E-state index contributed by atoms with van der Waals surface area (Å²) >= 11 is 0. The zero-order chi connectivity index (χ0) is 12.0. The lowest BCUT2D eigenvalue weighted by Crippen LogP contribution is -2.39. The summed E-state index contributed by atoms with van der Waals surface area (Å²) in [6.07, 6.45) is 9.26. The molecule has 0 amide bonds. The van der Waals surface area contributed by atoms with Gasteiger partial charge in [-0.25, -0.2) is 0 Å². The second kappa shape index (κ2) is 3.79. The number of fused-ring (bicyclic) bond motifs is 1. The van der Waals surface area contributed by atoms with Crippen LogP contribution in [0.4, 0.5) is 0 Å². The van der Waals surface area contributed by atoms with Gasteiger partial charge in [0, 0.05) is 23.3 Å². The summed E-state index contributed by atoms with van der Waals surface area (Å²) in [6, 6.07) is 8.81. The monoisotopic (exact) mass is 238 g/mol. The summed E-state index contributed by atoms with van der Waals surface area (Å²) in [4.78, 5) is 4.33. The van der Waals surface area contributed by atoms with Crippen molar-refractivity contribution in [3.8, 4) is 0 Å². The van der Waals surface area contributed by atoms with Crippen molar-refractivity contribution in [2.24, 2.45) is 5.92 Å². The standard InChI is InChI=1S/C16H18N2/c1-3-12-7-10-17-11-14(12)15(4-1)16(13-5-6-13)8-2-9-18-16/h1,3-4,7,10-11,13,18H,2,5-6,8-9H2. The smallest absolute Gasteiger partial charge is 0.0470 e. The minimum Gasteiger partial charge on any atom is -0.307 e. The summed E-state index contributed by atoms with van der Waals surface area (Å²) in [5.74, 6) is 0.839. The van der Waals surface area contributed by atoms with Gasteiger partial charge in [-0.15, -0.1) is 0 Å². The van der Waals surface area contributed by atoms with Gasteiger partial charge in [0.05, 0.1) is 0 Å². The Bertz CT molecular complexity index is 575. The third-order valence-corrected chi connectivity index (χ3v) is 4.63. The largest absolute Gasteiger partial charge is 0.307 e. The first kappa shape index (κ1) is 10.5. The van der Waals surface area contributed by atoms with Crippen LogP contribution in [0.2, 0.25) is 0 Å². The predicted molar refractivity (Wildman–Crippen MR) is 73.4 cm³/mol. The topological polar surface area (TPSA) is 24.9 Å². The Morgan fingerprint density at radius 1 is 1.22 bits per heavy atom. The third kappa shape index (κ3) is 1.42. The fourth-order valence-corrected chi connectivity index (χ4v) is 3.64. The van der Waals surface area contributed by atoms with Crippen LogP contribution in [0, 0.1) is 5.92 Å². The second-order valence-electron chi connectivity index (χ2n) is 5.68. The van der Waals surface area contributed by atoms with E-state index >= 15 is 0 Å². The minimum absolute atomic E-state index is 0.239. The van der Waals surface area contributed by atoms with Gasteiger partial charge in [-0.3, -0.25) is 4.98 Å². The Hall–Kier alpha value is -1.41. The average molecular weight is 238 g/mol. The first-order valence-electron chi connectivity index (χ1n) is 6.98. The molecule has 18 heavy (non-hydrogen) atoms. The molecule has 0 radical (unpaired) electrons. The van der Waals surface area contributed by atoms with Crippen molar-refractivity contribution >= 4 is 10.8 Å². The van der Waals surface area contributed by atoms with Gasteiger partial charge in [0.15, 0.2) is 0 Å². The second-order valence-corrected chi connectivity index (χ2v) is 5.68. The van der Waals surface area contributed by atoms with Crippen molar-refractivity contribution in [1.29, 1.82) is 0 Å².